The molecule has 2 aromatic rings. The first-order valence-electron chi connectivity index (χ1n) is 8.93. The fourth-order valence-electron chi connectivity index (χ4n) is 2.81. The molecule has 0 amide bonds. The van der Waals surface area contributed by atoms with Crippen LogP contribution in [0.1, 0.15) is 40.7 Å². The monoisotopic (exact) mass is 352 g/mol. The molecule has 5 nitrogen and oxygen atoms in total. The molecule has 3 rings (SSSR count). The van der Waals surface area contributed by atoms with E-state index in [1.807, 2.05) is 42.6 Å². The predicted molar refractivity (Wildman–Crippen MR) is 102 cm³/mol. The second-order valence-corrected chi connectivity index (χ2v) is 6.31. The predicted octanol–water partition coefficient (Wildman–Crippen LogP) is 3.87. The summed E-state index contributed by atoms with van der Waals surface area (Å²) < 4.78 is 10.5. The van der Waals surface area contributed by atoms with Crippen LogP contribution in [0.25, 0.3) is 0 Å². The first kappa shape index (κ1) is 18.0. The standard InChI is InChI=1S/C21H24N2O3/c1-25-21(24)19-9-5-18(6-10-19)16-26-20-11-7-17(8-12-20)15-22-23-13-3-2-4-14-23/h5-12,15H,2-4,13-14,16H2,1H3/b22-15+. The van der Waals surface area contributed by atoms with Crippen LogP contribution in [0.2, 0.25) is 0 Å². The molecule has 1 aliphatic rings. The molecule has 0 N–H and O–H groups in total. The van der Waals surface area contributed by atoms with Crippen LogP contribution in [0.3, 0.4) is 0 Å². The van der Waals surface area contributed by atoms with Crippen molar-refractivity contribution in [3.63, 3.8) is 0 Å². The van der Waals surface area contributed by atoms with Crippen molar-refractivity contribution in [1.29, 1.82) is 0 Å². The number of hydrazone groups is 1. The third kappa shape index (κ3) is 5.09. The van der Waals surface area contributed by atoms with Crippen molar-refractivity contribution in [2.75, 3.05) is 20.2 Å². The van der Waals surface area contributed by atoms with Gasteiger partial charge in [-0.05, 0) is 66.8 Å². The van der Waals surface area contributed by atoms with E-state index in [2.05, 4.69) is 10.1 Å². The van der Waals surface area contributed by atoms with Crippen molar-refractivity contribution in [2.45, 2.75) is 25.9 Å². The number of carbonyl (C=O) groups excluding carboxylic acids is 1. The molecule has 0 saturated carbocycles. The Balaban J connectivity index is 1.51. The largest absolute Gasteiger partial charge is 0.489 e. The number of hydrogen-bond acceptors (Lipinski definition) is 5. The van der Waals surface area contributed by atoms with Gasteiger partial charge in [-0.15, -0.1) is 0 Å². The second-order valence-electron chi connectivity index (χ2n) is 6.31. The van der Waals surface area contributed by atoms with E-state index in [1.54, 1.807) is 12.1 Å². The zero-order valence-corrected chi connectivity index (χ0v) is 15.1. The molecule has 136 valence electrons. The highest BCUT2D eigenvalue weighted by Crippen LogP contribution is 2.15. The van der Waals surface area contributed by atoms with Crippen LogP contribution in [0.15, 0.2) is 53.6 Å². The maximum atomic E-state index is 11.4. The molecule has 5 heteroatoms. The minimum absolute atomic E-state index is 0.334. The minimum atomic E-state index is -0.334. The summed E-state index contributed by atoms with van der Waals surface area (Å²) in [6.45, 7) is 2.54. The van der Waals surface area contributed by atoms with Crippen LogP contribution in [0.4, 0.5) is 0 Å². The van der Waals surface area contributed by atoms with Crippen LogP contribution in [0.5, 0.6) is 5.75 Å². The molecular weight excluding hydrogens is 328 g/mol. The Bertz CT molecular complexity index is 733. The van der Waals surface area contributed by atoms with Gasteiger partial charge in [0.2, 0.25) is 0 Å². The van der Waals surface area contributed by atoms with Crippen molar-refractivity contribution in [3.05, 3.63) is 65.2 Å². The first-order chi connectivity index (χ1) is 12.7. The van der Waals surface area contributed by atoms with Crippen LogP contribution in [-0.4, -0.2) is 37.4 Å². The highest BCUT2D eigenvalue weighted by atomic mass is 16.5. The van der Waals surface area contributed by atoms with Gasteiger partial charge in [-0.3, -0.25) is 5.01 Å². The fourth-order valence-corrected chi connectivity index (χ4v) is 2.81. The lowest BCUT2D eigenvalue weighted by Crippen LogP contribution is -2.24. The maximum Gasteiger partial charge on any atom is 0.337 e. The van der Waals surface area contributed by atoms with Crippen LogP contribution >= 0.6 is 0 Å². The fraction of sp³-hybridized carbons (Fsp3) is 0.333. The van der Waals surface area contributed by atoms with Crippen molar-refractivity contribution < 1.29 is 14.3 Å². The van der Waals surface area contributed by atoms with Gasteiger partial charge in [0.15, 0.2) is 0 Å². The summed E-state index contributed by atoms with van der Waals surface area (Å²) in [4.78, 5) is 11.4. The molecule has 0 aliphatic carbocycles. The number of ether oxygens (including phenoxy) is 2. The highest BCUT2D eigenvalue weighted by molar-refractivity contribution is 5.89. The average molecular weight is 352 g/mol. The molecule has 0 aromatic heterocycles. The summed E-state index contributed by atoms with van der Waals surface area (Å²) in [5.74, 6) is 0.469. The average Bonchev–Trinajstić information content (AvgIpc) is 2.72. The van der Waals surface area contributed by atoms with Crippen molar-refractivity contribution in [3.8, 4) is 5.75 Å². The lowest BCUT2D eigenvalue weighted by atomic mass is 10.1. The van der Waals surface area contributed by atoms with E-state index in [-0.39, 0.29) is 5.97 Å². The lowest BCUT2D eigenvalue weighted by Gasteiger charge is -2.23. The molecule has 1 fully saturated rings. The molecular formula is C21H24N2O3. The lowest BCUT2D eigenvalue weighted by molar-refractivity contribution is 0.0600. The maximum absolute atomic E-state index is 11.4. The summed E-state index contributed by atoms with van der Waals surface area (Å²) in [7, 11) is 1.38. The van der Waals surface area contributed by atoms with E-state index in [1.165, 1.54) is 26.4 Å². The summed E-state index contributed by atoms with van der Waals surface area (Å²) in [6.07, 6.45) is 5.67. The third-order valence-electron chi connectivity index (χ3n) is 4.36. The number of nitrogens with zero attached hydrogens (tertiary/aromatic N) is 2. The number of hydrogen-bond donors (Lipinski definition) is 0. The smallest absolute Gasteiger partial charge is 0.337 e. The van der Waals surface area contributed by atoms with Gasteiger partial charge in [0.25, 0.3) is 0 Å². The number of piperidine rings is 1. The van der Waals surface area contributed by atoms with E-state index in [0.717, 1.165) is 30.0 Å². The van der Waals surface area contributed by atoms with Gasteiger partial charge in [0, 0.05) is 13.1 Å². The molecule has 0 bridgehead atoms. The van der Waals surface area contributed by atoms with Gasteiger partial charge in [0.1, 0.15) is 12.4 Å². The Labute approximate surface area is 154 Å². The number of rotatable bonds is 6. The molecule has 1 saturated heterocycles. The highest BCUT2D eigenvalue weighted by Gasteiger charge is 2.06. The van der Waals surface area contributed by atoms with Crippen LogP contribution < -0.4 is 4.74 Å². The zero-order valence-electron chi connectivity index (χ0n) is 15.1. The molecule has 0 unspecified atom stereocenters. The quantitative estimate of drug-likeness (QED) is 0.585. The van der Waals surface area contributed by atoms with Crippen LogP contribution in [-0.2, 0) is 11.3 Å². The molecule has 1 aliphatic heterocycles. The number of benzene rings is 2. The second kappa shape index (κ2) is 9.04. The number of carbonyl (C=O) groups is 1. The van der Waals surface area contributed by atoms with Gasteiger partial charge >= 0.3 is 5.97 Å². The molecule has 0 spiro atoms. The Morgan fingerprint density at radius 1 is 1.04 bits per heavy atom. The summed E-state index contributed by atoms with van der Waals surface area (Å²) in [6, 6.07) is 15.1. The molecule has 0 radical (unpaired) electrons. The summed E-state index contributed by atoms with van der Waals surface area (Å²) >= 11 is 0. The summed E-state index contributed by atoms with van der Waals surface area (Å²) in [5.41, 5.74) is 2.59. The Morgan fingerprint density at radius 2 is 1.73 bits per heavy atom. The number of esters is 1. The number of methoxy groups -OCH3 is 1. The van der Waals surface area contributed by atoms with Crippen LogP contribution in [0, 0.1) is 0 Å². The Hall–Kier alpha value is -2.82. The van der Waals surface area contributed by atoms with E-state index >= 15 is 0 Å². The zero-order chi connectivity index (χ0) is 18.2. The van der Waals surface area contributed by atoms with Gasteiger partial charge < -0.3 is 9.47 Å². The van der Waals surface area contributed by atoms with Gasteiger partial charge in [-0.2, -0.15) is 5.10 Å². The Kier molecular flexibility index (Phi) is 6.25. The van der Waals surface area contributed by atoms with Gasteiger partial charge in [0.05, 0.1) is 18.9 Å². The topological polar surface area (TPSA) is 51.1 Å². The van der Waals surface area contributed by atoms with E-state index < -0.39 is 0 Å². The van der Waals surface area contributed by atoms with Crippen molar-refractivity contribution in [2.24, 2.45) is 5.10 Å². The van der Waals surface area contributed by atoms with E-state index in [9.17, 15) is 4.79 Å². The van der Waals surface area contributed by atoms with E-state index in [4.69, 9.17) is 9.47 Å². The normalized spacial score (nSPS) is 14.4. The van der Waals surface area contributed by atoms with E-state index in [0.29, 0.717) is 12.2 Å². The SMILES string of the molecule is COC(=O)c1ccc(COc2ccc(/C=N/N3CCCCC3)cc2)cc1. The van der Waals surface area contributed by atoms with Crippen molar-refractivity contribution in [1.82, 2.24) is 5.01 Å². The summed E-state index contributed by atoms with van der Waals surface area (Å²) in [5, 5.41) is 6.67. The molecule has 26 heavy (non-hydrogen) atoms. The van der Waals surface area contributed by atoms with Gasteiger partial charge in [-0.25, -0.2) is 4.79 Å². The Morgan fingerprint density at radius 3 is 2.38 bits per heavy atom. The van der Waals surface area contributed by atoms with Crippen molar-refractivity contribution >= 4 is 12.2 Å². The van der Waals surface area contributed by atoms with Gasteiger partial charge in [-0.1, -0.05) is 12.1 Å². The molecule has 2 aromatic carbocycles. The third-order valence-corrected chi connectivity index (χ3v) is 4.36. The molecule has 0 atom stereocenters. The minimum Gasteiger partial charge on any atom is -0.489 e. The molecule has 1 heterocycles. The first-order valence-corrected chi connectivity index (χ1v) is 8.93.